The first-order valence-corrected chi connectivity index (χ1v) is 7.22. The molecule has 0 aliphatic rings. The van der Waals surface area contributed by atoms with Crippen LogP contribution in [0.4, 0.5) is 0 Å². The predicted octanol–water partition coefficient (Wildman–Crippen LogP) is 1.40. The minimum Gasteiger partial charge on any atom is -0.355 e. The van der Waals surface area contributed by atoms with Crippen molar-refractivity contribution in [2.45, 2.75) is 27.3 Å². The van der Waals surface area contributed by atoms with Crippen molar-refractivity contribution in [2.75, 3.05) is 6.54 Å². The van der Waals surface area contributed by atoms with Crippen LogP contribution in [0.15, 0.2) is 29.1 Å². The first-order valence-electron chi connectivity index (χ1n) is 7.22. The molecule has 3 rings (SSSR count). The van der Waals surface area contributed by atoms with Crippen LogP contribution in [0.2, 0.25) is 0 Å². The second-order valence-electron chi connectivity index (χ2n) is 5.39. The zero-order valence-corrected chi connectivity index (χ0v) is 12.9. The molecule has 0 spiro atoms. The van der Waals surface area contributed by atoms with Crippen LogP contribution in [0.3, 0.4) is 0 Å². The highest BCUT2D eigenvalue weighted by Gasteiger charge is 2.15. The summed E-state index contributed by atoms with van der Waals surface area (Å²) in [6, 6.07) is 7.71. The van der Waals surface area contributed by atoms with Crippen molar-refractivity contribution >= 4 is 22.7 Å². The molecule has 0 atom stereocenters. The van der Waals surface area contributed by atoms with E-state index in [0.717, 1.165) is 16.7 Å². The number of carbonyl (C=O) groups excluding carboxylic acids is 1. The lowest BCUT2D eigenvalue weighted by atomic mass is 10.2. The van der Waals surface area contributed by atoms with Gasteiger partial charge in [0.1, 0.15) is 0 Å². The third kappa shape index (κ3) is 2.16. The summed E-state index contributed by atoms with van der Waals surface area (Å²) in [6.07, 6.45) is 0. The molecule has 0 saturated carbocycles. The molecular weight excluding hydrogens is 280 g/mol. The highest BCUT2D eigenvalue weighted by molar-refractivity contribution is 5.80. The molecule has 2 aromatic heterocycles. The monoisotopic (exact) mass is 298 g/mol. The lowest BCUT2D eigenvalue weighted by Crippen LogP contribution is -2.25. The van der Waals surface area contributed by atoms with E-state index in [0.29, 0.717) is 24.4 Å². The van der Waals surface area contributed by atoms with Gasteiger partial charge < -0.3 is 9.88 Å². The molecule has 2 heterocycles. The predicted molar refractivity (Wildman–Crippen MR) is 85.1 cm³/mol. The lowest BCUT2D eigenvalue weighted by Gasteiger charge is -2.07. The molecule has 0 aliphatic heterocycles. The van der Waals surface area contributed by atoms with Crippen LogP contribution in [-0.2, 0) is 11.3 Å². The zero-order valence-electron chi connectivity index (χ0n) is 12.9. The second kappa shape index (κ2) is 5.29. The Labute approximate surface area is 127 Å². The van der Waals surface area contributed by atoms with Crippen molar-refractivity contribution in [3.63, 3.8) is 0 Å². The van der Waals surface area contributed by atoms with E-state index in [2.05, 4.69) is 10.3 Å². The Bertz CT molecular complexity index is 937. The van der Waals surface area contributed by atoms with Gasteiger partial charge >= 0.3 is 0 Å². The van der Waals surface area contributed by atoms with Crippen molar-refractivity contribution in [2.24, 2.45) is 0 Å². The number of amides is 1. The number of aromatic nitrogens is 3. The van der Waals surface area contributed by atoms with E-state index >= 15 is 0 Å². The summed E-state index contributed by atoms with van der Waals surface area (Å²) in [5.74, 6) is 0.539. The maximum atomic E-state index is 12.6. The van der Waals surface area contributed by atoms with Crippen molar-refractivity contribution < 1.29 is 4.79 Å². The SMILES string of the molecule is CC(=O)NCCn1c2ccccc2n2c(=O)c(C)c(C)nc12. The molecule has 0 radical (unpaired) electrons. The van der Waals surface area contributed by atoms with Gasteiger partial charge in [-0.1, -0.05) is 12.1 Å². The number of hydrogen-bond acceptors (Lipinski definition) is 3. The topological polar surface area (TPSA) is 68.4 Å². The molecule has 1 aromatic carbocycles. The highest BCUT2D eigenvalue weighted by atomic mass is 16.1. The molecule has 0 unspecified atom stereocenters. The molecule has 6 heteroatoms. The van der Waals surface area contributed by atoms with Gasteiger partial charge in [-0.05, 0) is 26.0 Å². The van der Waals surface area contributed by atoms with Crippen LogP contribution in [0.5, 0.6) is 0 Å². The Morgan fingerprint density at radius 3 is 2.59 bits per heavy atom. The summed E-state index contributed by atoms with van der Waals surface area (Å²) in [5, 5.41) is 2.78. The largest absolute Gasteiger partial charge is 0.355 e. The van der Waals surface area contributed by atoms with Crippen molar-refractivity contribution in [3.8, 4) is 0 Å². The maximum absolute atomic E-state index is 12.6. The molecule has 0 saturated heterocycles. The van der Waals surface area contributed by atoms with E-state index < -0.39 is 0 Å². The normalized spacial score (nSPS) is 11.2. The molecule has 6 nitrogen and oxygen atoms in total. The first kappa shape index (κ1) is 14.3. The Kier molecular flexibility index (Phi) is 3.44. The van der Waals surface area contributed by atoms with Gasteiger partial charge in [0.25, 0.3) is 5.56 Å². The van der Waals surface area contributed by atoms with Gasteiger partial charge in [-0.15, -0.1) is 0 Å². The summed E-state index contributed by atoms with van der Waals surface area (Å²) in [6.45, 7) is 6.17. The highest BCUT2D eigenvalue weighted by Crippen LogP contribution is 2.18. The van der Waals surface area contributed by atoms with E-state index in [9.17, 15) is 9.59 Å². The zero-order chi connectivity index (χ0) is 15.9. The van der Waals surface area contributed by atoms with E-state index in [4.69, 9.17) is 0 Å². The second-order valence-corrected chi connectivity index (χ2v) is 5.39. The average Bonchev–Trinajstić information content (AvgIpc) is 2.79. The number of benzene rings is 1. The minimum absolute atomic E-state index is 0.0445. The number of imidazole rings is 1. The summed E-state index contributed by atoms with van der Waals surface area (Å²) in [4.78, 5) is 28.2. The van der Waals surface area contributed by atoms with Crippen LogP contribution < -0.4 is 10.9 Å². The summed E-state index contributed by atoms with van der Waals surface area (Å²) < 4.78 is 3.62. The number of aryl methyl sites for hydroxylation is 1. The Hall–Kier alpha value is -2.63. The van der Waals surface area contributed by atoms with E-state index in [1.165, 1.54) is 6.92 Å². The third-order valence-corrected chi connectivity index (χ3v) is 3.90. The minimum atomic E-state index is -0.0714. The summed E-state index contributed by atoms with van der Waals surface area (Å²) >= 11 is 0. The molecule has 0 bridgehead atoms. The molecule has 3 aromatic rings. The van der Waals surface area contributed by atoms with E-state index in [1.54, 1.807) is 11.3 Å². The van der Waals surface area contributed by atoms with Gasteiger partial charge in [0.05, 0.1) is 11.0 Å². The standard InChI is InChI=1S/C16H18N4O2/c1-10-11(2)18-16-19(9-8-17-12(3)21)13-6-4-5-7-14(13)20(16)15(10)22/h4-7H,8-9H2,1-3H3,(H,17,21). The fraction of sp³-hybridized carbons (Fsp3) is 0.312. The Balaban J connectivity index is 2.28. The Morgan fingerprint density at radius 1 is 1.23 bits per heavy atom. The van der Waals surface area contributed by atoms with Crippen LogP contribution >= 0.6 is 0 Å². The number of carbonyl (C=O) groups is 1. The fourth-order valence-electron chi connectivity index (χ4n) is 2.65. The van der Waals surface area contributed by atoms with Gasteiger partial charge in [0, 0.05) is 31.3 Å². The molecule has 1 amide bonds. The molecule has 114 valence electrons. The number of nitrogens with zero attached hydrogens (tertiary/aromatic N) is 3. The summed E-state index contributed by atoms with van der Waals surface area (Å²) in [7, 11) is 0. The van der Waals surface area contributed by atoms with Gasteiger partial charge in [-0.25, -0.2) is 9.38 Å². The molecule has 22 heavy (non-hydrogen) atoms. The van der Waals surface area contributed by atoms with Gasteiger partial charge in [-0.3, -0.25) is 9.59 Å². The van der Waals surface area contributed by atoms with Crippen LogP contribution in [0.1, 0.15) is 18.2 Å². The smallest absolute Gasteiger partial charge is 0.262 e. The number of para-hydroxylation sites is 2. The van der Waals surface area contributed by atoms with Crippen molar-refractivity contribution in [1.29, 1.82) is 0 Å². The van der Waals surface area contributed by atoms with Crippen molar-refractivity contribution in [3.05, 3.63) is 45.9 Å². The number of rotatable bonds is 3. The van der Waals surface area contributed by atoms with Crippen LogP contribution in [0, 0.1) is 13.8 Å². The quantitative estimate of drug-likeness (QED) is 0.795. The molecule has 0 fully saturated rings. The van der Waals surface area contributed by atoms with E-state index in [1.807, 2.05) is 35.8 Å². The van der Waals surface area contributed by atoms with Crippen LogP contribution in [0.25, 0.3) is 16.8 Å². The number of nitrogens with one attached hydrogen (secondary N) is 1. The fourth-order valence-corrected chi connectivity index (χ4v) is 2.65. The third-order valence-electron chi connectivity index (χ3n) is 3.90. The maximum Gasteiger partial charge on any atom is 0.262 e. The number of fused-ring (bicyclic) bond motifs is 3. The Morgan fingerprint density at radius 2 is 1.91 bits per heavy atom. The van der Waals surface area contributed by atoms with Gasteiger partial charge in [0.15, 0.2) is 0 Å². The first-order chi connectivity index (χ1) is 10.5. The lowest BCUT2D eigenvalue weighted by molar-refractivity contribution is -0.118. The molecular formula is C16H18N4O2. The van der Waals surface area contributed by atoms with Gasteiger partial charge in [0.2, 0.25) is 11.7 Å². The van der Waals surface area contributed by atoms with Crippen molar-refractivity contribution in [1.82, 2.24) is 19.3 Å². The average molecular weight is 298 g/mol. The summed E-state index contributed by atoms with van der Waals surface area (Å²) in [5.41, 5.74) is 3.11. The number of hydrogen-bond donors (Lipinski definition) is 1. The van der Waals surface area contributed by atoms with E-state index in [-0.39, 0.29) is 11.5 Å². The van der Waals surface area contributed by atoms with Crippen LogP contribution in [-0.4, -0.2) is 26.4 Å². The van der Waals surface area contributed by atoms with Gasteiger partial charge in [-0.2, -0.15) is 0 Å². The molecule has 0 aliphatic carbocycles. The molecule has 1 N–H and O–H groups in total.